The Morgan fingerprint density at radius 2 is 1.93 bits per heavy atom. The first-order valence-corrected chi connectivity index (χ1v) is 8.99. The molecule has 0 amide bonds. The molecule has 1 saturated carbocycles. The Morgan fingerprint density at radius 1 is 1.26 bits per heavy atom. The molecular weight excluding hydrogens is 352 g/mol. The van der Waals surface area contributed by atoms with Crippen LogP contribution in [0.3, 0.4) is 0 Å². The smallest absolute Gasteiger partial charge is 0.330 e. The van der Waals surface area contributed by atoms with Crippen LogP contribution in [0.2, 0.25) is 0 Å². The highest BCUT2D eigenvalue weighted by Crippen LogP contribution is 2.50. The molecule has 0 N–H and O–H groups in total. The molecule has 0 aromatic rings. The molecule has 3 aliphatic carbocycles. The largest absolute Gasteiger partial charge is 0.463 e. The Labute approximate surface area is 159 Å². The van der Waals surface area contributed by atoms with Crippen LogP contribution in [0.25, 0.3) is 0 Å². The van der Waals surface area contributed by atoms with Gasteiger partial charge in [-0.15, -0.1) is 0 Å². The third-order valence-corrected chi connectivity index (χ3v) is 4.96. The van der Waals surface area contributed by atoms with Crippen molar-refractivity contribution >= 4 is 17.7 Å². The van der Waals surface area contributed by atoms with Crippen LogP contribution in [0, 0.1) is 11.8 Å². The minimum absolute atomic E-state index is 0.225. The molecule has 3 rings (SSSR count). The topological polar surface area (TPSA) is 88.1 Å². The lowest BCUT2D eigenvalue weighted by Gasteiger charge is -2.52. The SMILES string of the molecule is CCOC(=O)/C=C/[C@@]1(OC)C(=O)[C@@]2(OC)C=C[C@@H]1C[C@@H]2C(=O)OC(C)(C)C. The zero-order chi connectivity index (χ0) is 20.5. The Hall–Kier alpha value is -1.99. The van der Waals surface area contributed by atoms with Crippen molar-refractivity contribution in [2.75, 3.05) is 20.8 Å². The van der Waals surface area contributed by atoms with Crippen molar-refractivity contribution < 1.29 is 33.3 Å². The fourth-order valence-electron chi connectivity index (χ4n) is 3.75. The molecule has 1 fully saturated rings. The van der Waals surface area contributed by atoms with Crippen molar-refractivity contribution in [1.29, 1.82) is 0 Å². The van der Waals surface area contributed by atoms with Gasteiger partial charge in [-0.2, -0.15) is 0 Å². The lowest BCUT2D eigenvalue weighted by atomic mass is 9.57. The first-order valence-electron chi connectivity index (χ1n) is 8.99. The summed E-state index contributed by atoms with van der Waals surface area (Å²) in [6.07, 6.45) is 6.29. The number of ketones is 1. The van der Waals surface area contributed by atoms with Crippen LogP contribution in [0.15, 0.2) is 24.3 Å². The summed E-state index contributed by atoms with van der Waals surface area (Å²) in [4.78, 5) is 37.9. The van der Waals surface area contributed by atoms with Crippen LogP contribution in [-0.2, 0) is 33.3 Å². The number of methoxy groups -OCH3 is 2. The molecule has 0 radical (unpaired) electrons. The average Bonchev–Trinajstić information content (AvgIpc) is 2.60. The van der Waals surface area contributed by atoms with E-state index in [1.807, 2.05) is 0 Å². The van der Waals surface area contributed by atoms with E-state index >= 15 is 0 Å². The second-order valence-electron chi connectivity index (χ2n) is 7.70. The summed E-state index contributed by atoms with van der Waals surface area (Å²) in [5.74, 6) is -2.72. The van der Waals surface area contributed by atoms with Gasteiger partial charge in [0.2, 0.25) is 5.78 Å². The second kappa shape index (κ2) is 7.56. The number of ether oxygens (including phenoxy) is 4. The van der Waals surface area contributed by atoms with Crippen LogP contribution in [-0.4, -0.2) is 55.4 Å². The first-order chi connectivity index (χ1) is 12.6. The fraction of sp³-hybridized carbons (Fsp3) is 0.650. The second-order valence-corrected chi connectivity index (χ2v) is 7.70. The first kappa shape index (κ1) is 21.3. The van der Waals surface area contributed by atoms with Crippen LogP contribution < -0.4 is 0 Å². The van der Waals surface area contributed by atoms with E-state index in [1.54, 1.807) is 39.8 Å². The molecule has 0 aromatic heterocycles. The molecule has 27 heavy (non-hydrogen) atoms. The van der Waals surface area contributed by atoms with E-state index < -0.39 is 46.4 Å². The zero-order valence-corrected chi connectivity index (χ0v) is 16.7. The number of carbonyl (C=O) groups excluding carboxylic acids is 3. The van der Waals surface area contributed by atoms with Gasteiger partial charge in [-0.1, -0.05) is 6.08 Å². The van der Waals surface area contributed by atoms with Gasteiger partial charge in [0.15, 0.2) is 11.2 Å². The van der Waals surface area contributed by atoms with Gasteiger partial charge in [-0.3, -0.25) is 9.59 Å². The molecule has 0 aliphatic heterocycles. The zero-order valence-electron chi connectivity index (χ0n) is 16.7. The van der Waals surface area contributed by atoms with E-state index in [-0.39, 0.29) is 6.61 Å². The van der Waals surface area contributed by atoms with E-state index in [4.69, 9.17) is 18.9 Å². The minimum atomic E-state index is -1.51. The van der Waals surface area contributed by atoms with Crippen molar-refractivity contribution in [3.8, 4) is 0 Å². The van der Waals surface area contributed by atoms with Crippen molar-refractivity contribution in [1.82, 2.24) is 0 Å². The van der Waals surface area contributed by atoms with Gasteiger partial charge in [0.1, 0.15) is 5.60 Å². The number of rotatable bonds is 6. The Kier molecular flexibility index (Phi) is 5.97. The Bertz CT molecular complexity index is 672. The number of esters is 2. The monoisotopic (exact) mass is 380 g/mol. The van der Waals surface area contributed by atoms with Crippen molar-refractivity contribution in [2.45, 2.75) is 50.9 Å². The highest BCUT2D eigenvalue weighted by Gasteiger charge is 2.66. The number of hydrogen-bond donors (Lipinski definition) is 0. The lowest BCUT2D eigenvalue weighted by molar-refractivity contribution is -0.193. The summed E-state index contributed by atoms with van der Waals surface area (Å²) < 4.78 is 21.5. The lowest BCUT2D eigenvalue weighted by Crippen LogP contribution is -2.68. The number of fused-ring (bicyclic) bond motifs is 2. The Balaban J connectivity index is 2.42. The summed E-state index contributed by atoms with van der Waals surface area (Å²) in [6.45, 7) is 7.22. The molecule has 4 atom stereocenters. The third kappa shape index (κ3) is 3.71. The normalized spacial score (nSPS) is 32.7. The molecule has 0 heterocycles. The molecule has 7 heteroatoms. The van der Waals surface area contributed by atoms with Crippen molar-refractivity contribution in [3.63, 3.8) is 0 Å². The van der Waals surface area contributed by atoms with E-state index in [0.29, 0.717) is 6.42 Å². The Morgan fingerprint density at radius 3 is 2.44 bits per heavy atom. The van der Waals surface area contributed by atoms with E-state index in [1.165, 1.54) is 26.4 Å². The van der Waals surface area contributed by atoms with Gasteiger partial charge < -0.3 is 18.9 Å². The average molecular weight is 380 g/mol. The minimum Gasteiger partial charge on any atom is -0.463 e. The highest BCUT2D eigenvalue weighted by molar-refractivity contribution is 6.05. The summed E-state index contributed by atoms with van der Waals surface area (Å²) in [7, 11) is 2.77. The van der Waals surface area contributed by atoms with Crippen LogP contribution in [0.5, 0.6) is 0 Å². The standard InChI is InChI=1S/C20H28O7/c1-7-26-15(21)9-11-19(24-5)13-8-10-20(25-6,17(19)23)14(12-13)16(22)27-18(2,3)4/h8-11,13-14H,7,12H2,1-6H3/b11-9+/t13-,14-,19+,20-/m1/s1. The van der Waals surface area contributed by atoms with Crippen LogP contribution in [0.1, 0.15) is 34.1 Å². The van der Waals surface area contributed by atoms with Gasteiger partial charge in [0.05, 0.1) is 12.5 Å². The van der Waals surface area contributed by atoms with Crippen molar-refractivity contribution in [2.24, 2.45) is 11.8 Å². The van der Waals surface area contributed by atoms with E-state index in [9.17, 15) is 14.4 Å². The molecule has 0 aromatic carbocycles. The predicted molar refractivity (Wildman–Crippen MR) is 96.8 cm³/mol. The van der Waals surface area contributed by atoms with Crippen LogP contribution >= 0.6 is 0 Å². The maximum Gasteiger partial charge on any atom is 0.330 e. The predicted octanol–water partition coefficient (Wildman–Crippen LogP) is 1.99. The summed E-state index contributed by atoms with van der Waals surface area (Å²) in [6, 6.07) is 0. The molecule has 0 saturated heterocycles. The van der Waals surface area contributed by atoms with Gasteiger partial charge in [-0.25, -0.2) is 4.79 Å². The van der Waals surface area contributed by atoms with Gasteiger partial charge >= 0.3 is 11.9 Å². The summed E-state index contributed by atoms with van der Waals surface area (Å²) in [5, 5.41) is 0. The number of hydrogen-bond acceptors (Lipinski definition) is 7. The molecule has 150 valence electrons. The number of carbonyl (C=O) groups is 3. The van der Waals surface area contributed by atoms with E-state index in [2.05, 4.69) is 0 Å². The molecule has 7 nitrogen and oxygen atoms in total. The quantitative estimate of drug-likeness (QED) is 0.395. The molecule has 0 spiro atoms. The molecule has 0 unspecified atom stereocenters. The van der Waals surface area contributed by atoms with Crippen molar-refractivity contribution in [3.05, 3.63) is 24.3 Å². The summed E-state index contributed by atoms with van der Waals surface area (Å²) >= 11 is 0. The van der Waals surface area contributed by atoms with Gasteiger partial charge in [0.25, 0.3) is 0 Å². The maximum atomic E-state index is 13.4. The molecule has 2 bridgehead atoms. The van der Waals surface area contributed by atoms with Crippen LogP contribution in [0.4, 0.5) is 0 Å². The molecule has 3 aliphatic rings. The van der Waals surface area contributed by atoms with Gasteiger partial charge in [-0.05, 0) is 46.3 Å². The summed E-state index contributed by atoms with van der Waals surface area (Å²) in [5.41, 5.74) is -3.60. The van der Waals surface area contributed by atoms with E-state index in [0.717, 1.165) is 0 Å². The fourth-order valence-corrected chi connectivity index (χ4v) is 3.75. The maximum absolute atomic E-state index is 13.4. The molecular formula is C20H28O7. The third-order valence-electron chi connectivity index (χ3n) is 4.96. The number of Topliss-reactive ketones (excluding diaryl/α,β-unsaturated/α-hetero) is 1. The highest BCUT2D eigenvalue weighted by atomic mass is 16.6. The van der Waals surface area contributed by atoms with Gasteiger partial charge in [0, 0.05) is 26.2 Å².